The molecule has 0 radical (unpaired) electrons. The number of halogens is 4. The number of amides is 1. The molecule has 1 fully saturated rings. The van der Waals surface area contributed by atoms with Crippen LogP contribution in [0.2, 0.25) is 0 Å². The SMILES string of the molecule is CC(C)(C)OC(=O)N[C@@H]1CCCN(C(O)c2cc3cc(OC(F)(F)F)c(F)cc3[nH]2)C1. The van der Waals surface area contributed by atoms with Gasteiger partial charge < -0.3 is 24.9 Å². The Kier molecular flexibility index (Phi) is 6.38. The van der Waals surface area contributed by atoms with Gasteiger partial charge in [0.05, 0.1) is 5.69 Å². The number of ether oxygens (including phenoxy) is 2. The van der Waals surface area contributed by atoms with Crippen LogP contribution in [0.1, 0.15) is 45.5 Å². The highest BCUT2D eigenvalue weighted by atomic mass is 19.4. The molecule has 1 aliphatic rings. The summed E-state index contributed by atoms with van der Waals surface area (Å²) >= 11 is 0. The van der Waals surface area contributed by atoms with E-state index in [4.69, 9.17) is 4.74 Å². The fraction of sp³-hybridized carbons (Fsp3) is 0.550. The first-order chi connectivity index (χ1) is 14.3. The minimum absolute atomic E-state index is 0.224. The number of benzene rings is 1. The first-order valence-electron chi connectivity index (χ1n) is 9.80. The standard InChI is InChI=1S/C20H25F4N3O4/c1-19(2,3)31-18(29)25-12-5-4-6-27(10-12)17(28)15-7-11-8-16(30-20(22,23)24)13(21)9-14(11)26-15/h7-9,12,17,26,28H,4-6,10H2,1-3H3,(H,25,29)/t12-,17?/m1/s1. The number of H-pyrrole nitrogens is 1. The van der Waals surface area contributed by atoms with E-state index in [9.17, 15) is 27.5 Å². The van der Waals surface area contributed by atoms with E-state index in [0.29, 0.717) is 25.9 Å². The summed E-state index contributed by atoms with van der Waals surface area (Å²) in [6, 6.07) is 3.00. The summed E-state index contributed by atoms with van der Waals surface area (Å²) in [7, 11) is 0. The molecule has 1 aromatic heterocycles. The number of hydrogen-bond acceptors (Lipinski definition) is 5. The predicted octanol–water partition coefficient (Wildman–Crippen LogP) is 4.19. The quantitative estimate of drug-likeness (QED) is 0.612. The molecule has 2 heterocycles. The molecule has 0 aliphatic carbocycles. The molecule has 3 rings (SSSR count). The first-order valence-corrected chi connectivity index (χ1v) is 9.80. The number of likely N-dealkylation sites (tertiary alicyclic amines) is 1. The number of aromatic nitrogens is 1. The average Bonchev–Trinajstić information content (AvgIpc) is 3.01. The van der Waals surface area contributed by atoms with Crippen molar-refractivity contribution in [3.05, 3.63) is 29.7 Å². The van der Waals surface area contributed by atoms with Gasteiger partial charge in [0.1, 0.15) is 11.8 Å². The third-order valence-corrected chi connectivity index (χ3v) is 4.72. The largest absolute Gasteiger partial charge is 0.573 e. The maximum absolute atomic E-state index is 13.9. The van der Waals surface area contributed by atoms with Crippen molar-refractivity contribution in [3.63, 3.8) is 0 Å². The Balaban J connectivity index is 1.71. The van der Waals surface area contributed by atoms with Gasteiger partial charge in [-0.05, 0) is 45.7 Å². The molecule has 11 heteroatoms. The zero-order chi connectivity index (χ0) is 23.0. The van der Waals surface area contributed by atoms with Gasteiger partial charge in [-0.1, -0.05) is 0 Å². The number of piperidine rings is 1. The fourth-order valence-electron chi connectivity index (χ4n) is 3.52. The number of aliphatic hydroxyl groups is 1. The number of nitrogens with one attached hydrogen (secondary N) is 2. The number of carbonyl (C=O) groups is 1. The van der Waals surface area contributed by atoms with Crippen LogP contribution in [0.3, 0.4) is 0 Å². The van der Waals surface area contributed by atoms with Crippen molar-refractivity contribution in [1.82, 2.24) is 15.2 Å². The van der Waals surface area contributed by atoms with Crippen LogP contribution in [0.25, 0.3) is 10.9 Å². The first kappa shape index (κ1) is 23.1. The van der Waals surface area contributed by atoms with Gasteiger partial charge in [0.25, 0.3) is 0 Å². The molecule has 1 unspecified atom stereocenters. The lowest BCUT2D eigenvalue weighted by Gasteiger charge is -2.36. The smallest absolute Gasteiger partial charge is 0.444 e. The van der Waals surface area contributed by atoms with Crippen LogP contribution in [-0.2, 0) is 4.74 Å². The van der Waals surface area contributed by atoms with Gasteiger partial charge in [-0.3, -0.25) is 4.90 Å². The minimum Gasteiger partial charge on any atom is -0.444 e. The normalized spacial score (nSPS) is 19.3. The molecule has 1 amide bonds. The Morgan fingerprint density at radius 2 is 2.00 bits per heavy atom. The van der Waals surface area contributed by atoms with E-state index in [2.05, 4.69) is 15.0 Å². The van der Waals surface area contributed by atoms with Crippen LogP contribution in [0, 0.1) is 5.82 Å². The molecule has 2 atom stereocenters. The highest BCUT2D eigenvalue weighted by molar-refractivity contribution is 5.82. The van der Waals surface area contributed by atoms with Gasteiger partial charge in [-0.25, -0.2) is 9.18 Å². The Morgan fingerprint density at radius 3 is 2.65 bits per heavy atom. The number of rotatable bonds is 4. The number of aromatic amines is 1. The molecule has 2 aromatic rings. The number of hydrogen-bond donors (Lipinski definition) is 3. The lowest BCUT2D eigenvalue weighted by atomic mass is 10.1. The van der Waals surface area contributed by atoms with Crippen molar-refractivity contribution in [1.29, 1.82) is 0 Å². The highest BCUT2D eigenvalue weighted by Crippen LogP contribution is 2.32. The van der Waals surface area contributed by atoms with Crippen molar-refractivity contribution >= 4 is 17.0 Å². The maximum Gasteiger partial charge on any atom is 0.573 e. The monoisotopic (exact) mass is 447 g/mol. The van der Waals surface area contributed by atoms with E-state index < -0.39 is 35.9 Å². The Morgan fingerprint density at radius 1 is 1.29 bits per heavy atom. The summed E-state index contributed by atoms with van der Waals surface area (Å²) in [6.45, 7) is 6.15. The predicted molar refractivity (Wildman–Crippen MR) is 104 cm³/mol. The van der Waals surface area contributed by atoms with Crippen LogP contribution in [0.4, 0.5) is 22.4 Å². The number of carbonyl (C=O) groups excluding carboxylic acids is 1. The summed E-state index contributed by atoms with van der Waals surface area (Å²) < 4.78 is 60.2. The van der Waals surface area contributed by atoms with Gasteiger partial charge >= 0.3 is 12.5 Å². The fourth-order valence-corrected chi connectivity index (χ4v) is 3.52. The van der Waals surface area contributed by atoms with Crippen LogP contribution >= 0.6 is 0 Å². The molecule has 3 N–H and O–H groups in total. The van der Waals surface area contributed by atoms with Crippen LogP contribution < -0.4 is 10.1 Å². The molecule has 7 nitrogen and oxygen atoms in total. The Labute approximate surface area is 176 Å². The number of aliphatic hydroxyl groups excluding tert-OH is 1. The molecule has 1 saturated heterocycles. The van der Waals surface area contributed by atoms with E-state index in [1.807, 2.05) is 0 Å². The molecule has 31 heavy (non-hydrogen) atoms. The van der Waals surface area contributed by atoms with Gasteiger partial charge in [0, 0.05) is 36.1 Å². The third-order valence-electron chi connectivity index (χ3n) is 4.72. The summed E-state index contributed by atoms with van der Waals surface area (Å²) in [6.07, 6.45) is -5.27. The average molecular weight is 447 g/mol. The van der Waals surface area contributed by atoms with Crippen molar-refractivity contribution in [2.75, 3.05) is 13.1 Å². The second kappa shape index (κ2) is 8.54. The van der Waals surface area contributed by atoms with E-state index in [0.717, 1.165) is 12.1 Å². The van der Waals surface area contributed by atoms with Crippen molar-refractivity contribution in [3.8, 4) is 5.75 Å². The molecule has 1 aliphatic heterocycles. The minimum atomic E-state index is -5.02. The molecule has 0 saturated carbocycles. The number of nitrogens with zero attached hydrogens (tertiary/aromatic N) is 1. The van der Waals surface area contributed by atoms with Crippen LogP contribution in [-0.4, -0.2) is 52.2 Å². The molecule has 0 bridgehead atoms. The van der Waals surface area contributed by atoms with E-state index in [-0.39, 0.29) is 22.6 Å². The Hall–Kier alpha value is -2.53. The lowest BCUT2D eigenvalue weighted by molar-refractivity contribution is -0.275. The Bertz CT molecular complexity index is 939. The van der Waals surface area contributed by atoms with E-state index in [1.54, 1.807) is 25.7 Å². The molecule has 1 aromatic carbocycles. The molecule has 172 valence electrons. The van der Waals surface area contributed by atoms with Crippen LogP contribution in [0.5, 0.6) is 5.75 Å². The van der Waals surface area contributed by atoms with Crippen molar-refractivity contribution in [2.24, 2.45) is 0 Å². The zero-order valence-electron chi connectivity index (χ0n) is 17.3. The third kappa shape index (κ3) is 6.23. The highest BCUT2D eigenvalue weighted by Gasteiger charge is 2.33. The van der Waals surface area contributed by atoms with Gasteiger partial charge in [-0.2, -0.15) is 0 Å². The van der Waals surface area contributed by atoms with Gasteiger partial charge in [-0.15, -0.1) is 13.2 Å². The summed E-state index contributed by atoms with van der Waals surface area (Å²) in [5.41, 5.74) is -0.121. The zero-order valence-corrected chi connectivity index (χ0v) is 17.3. The maximum atomic E-state index is 13.9. The summed E-state index contributed by atoms with van der Waals surface area (Å²) in [5.74, 6) is -2.12. The van der Waals surface area contributed by atoms with Crippen LogP contribution in [0.15, 0.2) is 18.2 Å². The summed E-state index contributed by atoms with van der Waals surface area (Å²) in [4.78, 5) is 16.5. The number of fused-ring (bicyclic) bond motifs is 1. The number of alkyl carbamates (subject to hydrolysis) is 1. The lowest BCUT2D eigenvalue weighted by Crippen LogP contribution is -2.49. The van der Waals surface area contributed by atoms with Gasteiger partial charge in [0.2, 0.25) is 0 Å². The molecular weight excluding hydrogens is 422 g/mol. The summed E-state index contributed by atoms with van der Waals surface area (Å²) in [5, 5.41) is 13.8. The second-order valence-corrected chi connectivity index (χ2v) is 8.50. The van der Waals surface area contributed by atoms with Crippen molar-refractivity contribution < 1.29 is 36.9 Å². The topological polar surface area (TPSA) is 86.8 Å². The second-order valence-electron chi connectivity index (χ2n) is 8.50. The molecule has 0 spiro atoms. The van der Waals surface area contributed by atoms with Gasteiger partial charge in [0.15, 0.2) is 11.6 Å². The van der Waals surface area contributed by atoms with E-state index in [1.165, 1.54) is 6.07 Å². The van der Waals surface area contributed by atoms with E-state index >= 15 is 0 Å². The molecular formula is C20H25F4N3O4. The number of alkyl halides is 3. The van der Waals surface area contributed by atoms with Crippen molar-refractivity contribution in [2.45, 2.75) is 57.8 Å².